The molecule has 2 aromatic carbocycles. The molecule has 2 heterocycles. The summed E-state index contributed by atoms with van der Waals surface area (Å²) >= 11 is 0. The minimum absolute atomic E-state index is 0.0191. The molecular formula is C28H30F3N5O3. The number of amides is 2. The van der Waals surface area contributed by atoms with E-state index in [1.807, 2.05) is 12.1 Å². The first-order valence-electron chi connectivity index (χ1n) is 13.1. The maximum Gasteiger partial charge on any atom is 0.573 e. The van der Waals surface area contributed by atoms with Gasteiger partial charge >= 0.3 is 12.4 Å². The lowest BCUT2D eigenvalue weighted by Crippen LogP contribution is -2.47. The first-order chi connectivity index (χ1) is 18.8. The predicted octanol–water partition coefficient (Wildman–Crippen LogP) is 6.41. The minimum Gasteiger partial charge on any atom is -0.445 e. The lowest BCUT2D eigenvalue weighted by Gasteiger charge is -2.33. The van der Waals surface area contributed by atoms with Gasteiger partial charge in [-0.05, 0) is 74.2 Å². The van der Waals surface area contributed by atoms with Crippen LogP contribution in [0.25, 0.3) is 11.5 Å². The van der Waals surface area contributed by atoms with Crippen molar-refractivity contribution >= 4 is 23.1 Å². The molecule has 206 valence electrons. The standard InChI is InChI=1S/C28H30F3N5O3/c29-28(30,31)39-23-13-9-20(10-14-23)34-27(37)35-25-6-2-1-5-24(25)33-21-4-3-16-36(18-21)22-11-7-19(8-12-22)26-32-15-17-38-26/h7-15,17,24-25H,1-6,16,18H2,(H2,34,35,37)/t24-,25-/m1/s1. The number of aromatic nitrogens is 1. The van der Waals surface area contributed by atoms with Crippen LogP contribution in [-0.4, -0.2) is 48.3 Å². The van der Waals surface area contributed by atoms with Gasteiger partial charge in [-0.25, -0.2) is 9.78 Å². The zero-order valence-corrected chi connectivity index (χ0v) is 21.3. The van der Waals surface area contributed by atoms with Crippen LogP contribution in [0.5, 0.6) is 5.75 Å². The number of hydrogen-bond donors (Lipinski definition) is 2. The summed E-state index contributed by atoms with van der Waals surface area (Å²) in [4.78, 5) is 24.3. The number of carbonyl (C=O) groups is 1. The van der Waals surface area contributed by atoms with Gasteiger partial charge in [0, 0.05) is 29.2 Å². The van der Waals surface area contributed by atoms with Crippen molar-refractivity contribution in [3.8, 4) is 17.2 Å². The fourth-order valence-electron chi connectivity index (χ4n) is 5.10. The third-order valence-corrected chi connectivity index (χ3v) is 6.92. The number of piperidine rings is 1. The van der Waals surface area contributed by atoms with Crippen molar-refractivity contribution < 1.29 is 27.1 Å². The normalized spacial score (nSPS) is 21.0. The van der Waals surface area contributed by atoms with Crippen molar-refractivity contribution in [3.05, 3.63) is 61.0 Å². The average molecular weight is 542 g/mol. The van der Waals surface area contributed by atoms with Crippen molar-refractivity contribution in [2.75, 3.05) is 23.3 Å². The molecular weight excluding hydrogens is 511 g/mol. The number of benzene rings is 2. The molecule has 39 heavy (non-hydrogen) atoms. The number of aliphatic imine (C=N–C) groups is 1. The number of carbonyl (C=O) groups excluding carboxylic acids is 1. The molecule has 1 saturated heterocycles. The van der Waals surface area contributed by atoms with Crippen LogP contribution in [0.1, 0.15) is 38.5 Å². The number of ether oxygens (including phenoxy) is 1. The van der Waals surface area contributed by atoms with Gasteiger partial charge in [-0.15, -0.1) is 13.2 Å². The molecule has 2 N–H and O–H groups in total. The predicted molar refractivity (Wildman–Crippen MR) is 142 cm³/mol. The molecule has 1 aliphatic carbocycles. The van der Waals surface area contributed by atoms with Gasteiger partial charge < -0.3 is 24.7 Å². The molecule has 1 aromatic heterocycles. The number of rotatable bonds is 6. The third-order valence-electron chi connectivity index (χ3n) is 6.92. The fourth-order valence-corrected chi connectivity index (χ4v) is 5.10. The summed E-state index contributed by atoms with van der Waals surface area (Å²) in [5, 5.41) is 5.72. The number of halogens is 3. The molecule has 0 spiro atoms. The molecule has 11 heteroatoms. The van der Waals surface area contributed by atoms with Crippen LogP contribution in [0.15, 0.2) is 70.4 Å². The number of nitrogens with one attached hydrogen (secondary N) is 2. The molecule has 1 aliphatic heterocycles. The Balaban J connectivity index is 1.18. The summed E-state index contributed by atoms with van der Waals surface area (Å²) < 4.78 is 46.4. The van der Waals surface area contributed by atoms with Crippen molar-refractivity contribution in [2.45, 2.75) is 57.0 Å². The van der Waals surface area contributed by atoms with Gasteiger partial charge in [0.15, 0.2) is 0 Å². The van der Waals surface area contributed by atoms with E-state index in [-0.39, 0.29) is 17.8 Å². The first kappa shape index (κ1) is 26.6. The molecule has 5 rings (SSSR count). The van der Waals surface area contributed by atoms with Gasteiger partial charge in [-0.2, -0.15) is 0 Å². The second-order valence-corrected chi connectivity index (χ2v) is 9.73. The Hall–Kier alpha value is -4.02. The van der Waals surface area contributed by atoms with Crippen molar-refractivity contribution in [2.24, 2.45) is 4.99 Å². The summed E-state index contributed by atoms with van der Waals surface area (Å²) in [6.07, 6.45) is 4.10. The lowest BCUT2D eigenvalue weighted by atomic mass is 9.90. The van der Waals surface area contributed by atoms with E-state index in [1.54, 1.807) is 12.5 Å². The first-order valence-corrected chi connectivity index (χ1v) is 13.1. The highest BCUT2D eigenvalue weighted by Gasteiger charge is 2.31. The summed E-state index contributed by atoms with van der Waals surface area (Å²) in [6.45, 7) is 1.68. The number of alkyl halides is 3. The summed E-state index contributed by atoms with van der Waals surface area (Å²) in [6, 6.07) is 12.7. The molecule has 2 fully saturated rings. The molecule has 2 amide bonds. The Bertz CT molecular complexity index is 1260. The Morgan fingerprint density at radius 2 is 1.82 bits per heavy atom. The summed E-state index contributed by atoms with van der Waals surface area (Å²) in [5.41, 5.74) is 3.53. The van der Waals surface area contributed by atoms with E-state index >= 15 is 0 Å². The fraction of sp³-hybridized carbons (Fsp3) is 0.393. The van der Waals surface area contributed by atoms with Gasteiger partial charge in [0.1, 0.15) is 12.0 Å². The van der Waals surface area contributed by atoms with E-state index in [1.165, 1.54) is 12.1 Å². The van der Waals surface area contributed by atoms with Crippen LogP contribution in [-0.2, 0) is 0 Å². The molecule has 0 bridgehead atoms. The Morgan fingerprint density at radius 1 is 1.05 bits per heavy atom. The van der Waals surface area contributed by atoms with Gasteiger partial charge in [0.2, 0.25) is 5.89 Å². The Morgan fingerprint density at radius 3 is 2.54 bits per heavy atom. The van der Waals surface area contributed by atoms with E-state index in [4.69, 9.17) is 9.41 Å². The summed E-state index contributed by atoms with van der Waals surface area (Å²) in [7, 11) is 0. The SMILES string of the molecule is O=C(Nc1ccc(OC(F)(F)F)cc1)N[C@@H]1CCCC[C@H]1N=C1CCCN(c2ccc(-c3ncco3)cc2)C1. The van der Waals surface area contributed by atoms with Crippen LogP contribution in [0.3, 0.4) is 0 Å². The second kappa shape index (κ2) is 11.8. The maximum atomic E-state index is 12.7. The van der Waals surface area contributed by atoms with Gasteiger partial charge in [-0.1, -0.05) is 12.8 Å². The summed E-state index contributed by atoms with van der Waals surface area (Å²) in [5.74, 6) is 0.249. The van der Waals surface area contributed by atoms with Gasteiger partial charge in [-0.3, -0.25) is 4.99 Å². The smallest absolute Gasteiger partial charge is 0.445 e. The topological polar surface area (TPSA) is 92.0 Å². The molecule has 0 radical (unpaired) electrons. The largest absolute Gasteiger partial charge is 0.573 e. The Labute approximate surface area is 224 Å². The van der Waals surface area contributed by atoms with E-state index < -0.39 is 12.4 Å². The molecule has 1 saturated carbocycles. The van der Waals surface area contributed by atoms with Crippen LogP contribution in [0.4, 0.5) is 29.3 Å². The lowest BCUT2D eigenvalue weighted by molar-refractivity contribution is -0.274. The van der Waals surface area contributed by atoms with Crippen molar-refractivity contribution in [1.29, 1.82) is 0 Å². The molecule has 0 unspecified atom stereocenters. The van der Waals surface area contributed by atoms with Crippen LogP contribution < -0.4 is 20.3 Å². The van der Waals surface area contributed by atoms with Gasteiger partial charge in [0.05, 0.1) is 24.8 Å². The van der Waals surface area contributed by atoms with E-state index in [2.05, 4.69) is 37.4 Å². The Kier molecular flexibility index (Phi) is 8.04. The van der Waals surface area contributed by atoms with E-state index in [0.717, 1.165) is 80.7 Å². The van der Waals surface area contributed by atoms with Crippen LogP contribution in [0.2, 0.25) is 0 Å². The highest BCUT2D eigenvalue weighted by atomic mass is 19.4. The number of hydrogen-bond acceptors (Lipinski definition) is 6. The minimum atomic E-state index is -4.76. The number of anilines is 2. The number of oxazole rings is 1. The molecule has 3 aromatic rings. The zero-order valence-electron chi connectivity index (χ0n) is 21.3. The molecule has 2 aliphatic rings. The van der Waals surface area contributed by atoms with Crippen LogP contribution in [0, 0.1) is 0 Å². The number of urea groups is 1. The van der Waals surface area contributed by atoms with E-state index in [0.29, 0.717) is 11.6 Å². The second-order valence-electron chi connectivity index (χ2n) is 9.73. The highest BCUT2D eigenvalue weighted by Crippen LogP contribution is 2.27. The average Bonchev–Trinajstić information content (AvgIpc) is 3.46. The van der Waals surface area contributed by atoms with Gasteiger partial charge in [0.25, 0.3) is 0 Å². The van der Waals surface area contributed by atoms with Crippen molar-refractivity contribution in [3.63, 3.8) is 0 Å². The maximum absolute atomic E-state index is 12.7. The number of nitrogens with zero attached hydrogens (tertiary/aromatic N) is 3. The zero-order chi connectivity index (χ0) is 27.2. The van der Waals surface area contributed by atoms with Crippen LogP contribution >= 0.6 is 0 Å². The monoisotopic (exact) mass is 541 g/mol. The molecule has 8 nitrogen and oxygen atoms in total. The molecule has 2 atom stereocenters. The highest BCUT2D eigenvalue weighted by molar-refractivity contribution is 5.91. The van der Waals surface area contributed by atoms with Crippen molar-refractivity contribution in [1.82, 2.24) is 10.3 Å². The third kappa shape index (κ3) is 7.30. The quantitative estimate of drug-likeness (QED) is 0.376. The van der Waals surface area contributed by atoms with E-state index in [9.17, 15) is 18.0 Å².